The zero-order valence-corrected chi connectivity index (χ0v) is 11.5. The molecule has 20 heavy (non-hydrogen) atoms. The Balaban J connectivity index is 2.03. The van der Waals surface area contributed by atoms with Gasteiger partial charge in [0, 0.05) is 5.02 Å². The average Bonchev–Trinajstić information content (AvgIpc) is 3.11. The fourth-order valence-corrected chi connectivity index (χ4v) is 2.70. The topological polar surface area (TPSA) is 68.0 Å². The monoisotopic (exact) mass is 291 g/mol. The summed E-state index contributed by atoms with van der Waals surface area (Å²) in [5, 5.41) is 15.8. The van der Waals surface area contributed by atoms with Gasteiger partial charge in [-0.05, 0) is 30.5 Å². The van der Waals surface area contributed by atoms with Gasteiger partial charge in [-0.15, -0.1) is 0 Å². The fraction of sp³-hybridized carbons (Fsp3) is 0.357. The lowest BCUT2D eigenvalue weighted by Crippen LogP contribution is -2.42. The van der Waals surface area contributed by atoms with E-state index >= 15 is 0 Å². The Morgan fingerprint density at radius 3 is 2.60 bits per heavy atom. The van der Waals surface area contributed by atoms with Crippen LogP contribution in [-0.2, 0) is 16.9 Å². The van der Waals surface area contributed by atoms with Gasteiger partial charge in [-0.25, -0.2) is 9.67 Å². The second-order valence-corrected chi connectivity index (χ2v) is 5.67. The zero-order chi connectivity index (χ0) is 14.2. The van der Waals surface area contributed by atoms with E-state index in [9.17, 15) is 9.90 Å². The van der Waals surface area contributed by atoms with E-state index in [2.05, 4.69) is 10.1 Å². The van der Waals surface area contributed by atoms with Crippen molar-refractivity contribution in [2.75, 3.05) is 0 Å². The minimum atomic E-state index is -1.30. The largest absolute Gasteiger partial charge is 0.382 e. The number of rotatable bonds is 5. The van der Waals surface area contributed by atoms with E-state index in [0.717, 1.165) is 6.29 Å². The van der Waals surface area contributed by atoms with Gasteiger partial charge in [0.15, 0.2) is 0 Å². The summed E-state index contributed by atoms with van der Waals surface area (Å²) in [6.45, 7) is 0.188. The van der Waals surface area contributed by atoms with Gasteiger partial charge in [0.1, 0.15) is 24.5 Å². The third-order valence-electron chi connectivity index (χ3n) is 4.02. The van der Waals surface area contributed by atoms with Crippen molar-refractivity contribution < 1.29 is 9.90 Å². The maximum Gasteiger partial charge on any atom is 0.137 e. The number of hydrogen-bond acceptors (Lipinski definition) is 4. The van der Waals surface area contributed by atoms with Crippen LogP contribution in [0.3, 0.4) is 0 Å². The highest BCUT2D eigenvalue weighted by Crippen LogP contribution is 2.57. The first-order valence-electron chi connectivity index (χ1n) is 6.37. The maximum atomic E-state index is 11.5. The van der Waals surface area contributed by atoms with Crippen molar-refractivity contribution in [1.29, 1.82) is 0 Å². The standard InChI is InChI=1S/C14H14ClN3O2/c15-12-3-1-11(2-4-12)14(20,13(8-19)5-6-13)7-18-10-16-9-17-18/h1-4,8-10,20H,5-7H2. The predicted octanol–water partition coefficient (Wildman–Crippen LogP) is 1.80. The smallest absolute Gasteiger partial charge is 0.137 e. The highest BCUT2D eigenvalue weighted by Gasteiger charge is 2.60. The van der Waals surface area contributed by atoms with Crippen LogP contribution in [0.1, 0.15) is 18.4 Å². The lowest BCUT2D eigenvalue weighted by molar-refractivity contribution is -0.126. The molecule has 5 nitrogen and oxygen atoms in total. The van der Waals surface area contributed by atoms with Gasteiger partial charge in [0.05, 0.1) is 12.0 Å². The van der Waals surface area contributed by atoms with Crippen molar-refractivity contribution in [1.82, 2.24) is 14.8 Å². The quantitative estimate of drug-likeness (QED) is 0.853. The molecule has 1 aromatic heterocycles. The van der Waals surface area contributed by atoms with Crippen LogP contribution >= 0.6 is 11.6 Å². The molecule has 3 rings (SSSR count). The molecule has 1 heterocycles. The summed E-state index contributed by atoms with van der Waals surface area (Å²) in [6, 6.07) is 6.93. The number of carbonyl (C=O) groups is 1. The fourth-order valence-electron chi connectivity index (χ4n) is 2.57. The Bertz CT molecular complexity index is 608. The van der Waals surface area contributed by atoms with Gasteiger partial charge >= 0.3 is 0 Å². The number of hydrogen-bond donors (Lipinski definition) is 1. The number of nitrogens with zero attached hydrogens (tertiary/aromatic N) is 3. The second kappa shape index (κ2) is 4.68. The number of aliphatic hydroxyl groups is 1. The summed E-state index contributed by atoms with van der Waals surface area (Å²) in [7, 11) is 0. The number of halogens is 1. The summed E-state index contributed by atoms with van der Waals surface area (Å²) in [6.07, 6.45) is 5.14. The highest BCUT2D eigenvalue weighted by molar-refractivity contribution is 6.30. The van der Waals surface area contributed by atoms with Crippen LogP contribution in [0.5, 0.6) is 0 Å². The Morgan fingerprint density at radius 2 is 2.10 bits per heavy atom. The van der Waals surface area contributed by atoms with Crippen LogP contribution in [0.25, 0.3) is 0 Å². The minimum Gasteiger partial charge on any atom is -0.382 e. The molecule has 1 aliphatic rings. The Morgan fingerprint density at radius 1 is 1.40 bits per heavy atom. The minimum absolute atomic E-state index is 0.188. The number of benzene rings is 1. The van der Waals surface area contributed by atoms with E-state index in [1.54, 1.807) is 24.3 Å². The van der Waals surface area contributed by atoms with Crippen LogP contribution in [0.2, 0.25) is 5.02 Å². The maximum absolute atomic E-state index is 11.5. The van der Waals surface area contributed by atoms with E-state index in [1.807, 2.05) is 0 Å². The van der Waals surface area contributed by atoms with Crippen LogP contribution in [-0.4, -0.2) is 26.2 Å². The third-order valence-corrected chi connectivity index (χ3v) is 4.27. The Kier molecular flexibility index (Phi) is 3.11. The van der Waals surface area contributed by atoms with E-state index in [-0.39, 0.29) is 6.54 Å². The molecule has 1 saturated carbocycles. The summed E-state index contributed by atoms with van der Waals surface area (Å²) >= 11 is 5.89. The molecule has 1 N–H and O–H groups in total. The molecule has 6 heteroatoms. The molecule has 0 bridgehead atoms. The van der Waals surface area contributed by atoms with Crippen molar-refractivity contribution in [3.8, 4) is 0 Å². The molecule has 1 unspecified atom stereocenters. The molecule has 0 spiro atoms. The van der Waals surface area contributed by atoms with Gasteiger partial charge in [-0.2, -0.15) is 5.10 Å². The van der Waals surface area contributed by atoms with Gasteiger partial charge in [-0.3, -0.25) is 0 Å². The summed E-state index contributed by atoms with van der Waals surface area (Å²) in [5.41, 5.74) is -1.37. The van der Waals surface area contributed by atoms with Crippen LogP contribution in [0.4, 0.5) is 0 Å². The van der Waals surface area contributed by atoms with E-state index in [0.29, 0.717) is 23.4 Å². The highest BCUT2D eigenvalue weighted by atomic mass is 35.5. The summed E-state index contributed by atoms with van der Waals surface area (Å²) in [4.78, 5) is 15.3. The van der Waals surface area contributed by atoms with Gasteiger partial charge in [-0.1, -0.05) is 23.7 Å². The first-order chi connectivity index (χ1) is 9.60. The van der Waals surface area contributed by atoms with Crippen LogP contribution in [0.15, 0.2) is 36.9 Å². The summed E-state index contributed by atoms with van der Waals surface area (Å²) in [5.74, 6) is 0. The molecule has 1 aromatic carbocycles. The molecule has 104 valence electrons. The molecule has 2 aromatic rings. The third kappa shape index (κ3) is 2.03. The molecular formula is C14H14ClN3O2. The second-order valence-electron chi connectivity index (χ2n) is 5.23. The first-order valence-corrected chi connectivity index (χ1v) is 6.75. The molecule has 1 aliphatic carbocycles. The number of carbonyl (C=O) groups excluding carboxylic acids is 1. The van der Waals surface area contributed by atoms with Gasteiger partial charge < -0.3 is 9.90 Å². The molecular weight excluding hydrogens is 278 g/mol. The van der Waals surface area contributed by atoms with E-state index in [4.69, 9.17) is 11.6 Å². The molecule has 0 saturated heterocycles. The van der Waals surface area contributed by atoms with Gasteiger partial charge in [0.2, 0.25) is 0 Å². The van der Waals surface area contributed by atoms with E-state index < -0.39 is 11.0 Å². The number of aldehydes is 1. The van der Waals surface area contributed by atoms with Crippen molar-refractivity contribution in [2.24, 2.45) is 5.41 Å². The first kappa shape index (κ1) is 13.3. The van der Waals surface area contributed by atoms with Crippen molar-refractivity contribution >= 4 is 17.9 Å². The van der Waals surface area contributed by atoms with Crippen LogP contribution < -0.4 is 0 Å². The Hall–Kier alpha value is -1.72. The Labute approximate surface area is 121 Å². The number of aromatic nitrogens is 3. The molecule has 0 aliphatic heterocycles. The predicted molar refractivity (Wildman–Crippen MR) is 73.1 cm³/mol. The molecule has 0 amide bonds. The van der Waals surface area contributed by atoms with Crippen molar-refractivity contribution in [3.63, 3.8) is 0 Å². The summed E-state index contributed by atoms with van der Waals surface area (Å²) < 4.78 is 1.54. The molecule has 1 fully saturated rings. The molecule has 0 radical (unpaired) electrons. The SMILES string of the molecule is O=CC1(C(O)(Cn2cncn2)c2ccc(Cl)cc2)CC1. The molecule has 1 atom stereocenters. The van der Waals surface area contributed by atoms with Crippen molar-refractivity contribution in [2.45, 2.75) is 25.0 Å². The van der Waals surface area contributed by atoms with Crippen molar-refractivity contribution in [3.05, 3.63) is 47.5 Å². The van der Waals surface area contributed by atoms with Gasteiger partial charge in [0.25, 0.3) is 0 Å². The van der Waals surface area contributed by atoms with Crippen LogP contribution in [0, 0.1) is 5.41 Å². The lowest BCUT2D eigenvalue weighted by Gasteiger charge is -2.34. The lowest BCUT2D eigenvalue weighted by atomic mass is 9.79. The van der Waals surface area contributed by atoms with E-state index in [1.165, 1.54) is 17.3 Å². The average molecular weight is 292 g/mol. The zero-order valence-electron chi connectivity index (χ0n) is 10.7. The normalized spacial score (nSPS) is 19.3.